The van der Waals surface area contributed by atoms with Crippen molar-refractivity contribution in [2.24, 2.45) is 0 Å². The summed E-state index contributed by atoms with van der Waals surface area (Å²) in [7, 11) is -3.51. The summed E-state index contributed by atoms with van der Waals surface area (Å²) in [5.41, 5.74) is 1.01. The minimum atomic E-state index is -3.51. The van der Waals surface area contributed by atoms with E-state index in [0.29, 0.717) is 63.9 Å². The second-order valence-electron chi connectivity index (χ2n) is 7.56. The second kappa shape index (κ2) is 9.76. The molecule has 2 aliphatic rings. The number of amides is 2. The van der Waals surface area contributed by atoms with E-state index in [4.69, 9.17) is 4.74 Å². The lowest BCUT2D eigenvalue weighted by Gasteiger charge is -2.37. The number of nitrogens with zero attached hydrogens (tertiary/aromatic N) is 4. The number of carbonyl (C=O) groups is 2. The van der Waals surface area contributed by atoms with Gasteiger partial charge in [0, 0.05) is 52.4 Å². The van der Waals surface area contributed by atoms with Gasteiger partial charge in [0.25, 0.3) is 0 Å². The van der Waals surface area contributed by atoms with Gasteiger partial charge < -0.3 is 14.5 Å². The highest BCUT2D eigenvalue weighted by Gasteiger charge is 2.30. The average molecular weight is 439 g/mol. The number of rotatable bonds is 5. The number of piperazine rings is 2. The van der Waals surface area contributed by atoms with E-state index in [-0.39, 0.29) is 18.5 Å². The fourth-order valence-corrected chi connectivity index (χ4v) is 5.05. The van der Waals surface area contributed by atoms with Gasteiger partial charge in [-0.25, -0.2) is 13.2 Å². The van der Waals surface area contributed by atoms with Crippen LogP contribution in [0.25, 0.3) is 0 Å². The Hall–Kier alpha value is -2.17. The quantitative estimate of drug-likeness (QED) is 0.669. The maximum atomic E-state index is 12.8. The van der Waals surface area contributed by atoms with Crippen molar-refractivity contribution in [3.63, 3.8) is 0 Å². The maximum Gasteiger partial charge on any atom is 0.409 e. The van der Waals surface area contributed by atoms with Gasteiger partial charge in [-0.15, -0.1) is 0 Å². The van der Waals surface area contributed by atoms with E-state index >= 15 is 0 Å². The van der Waals surface area contributed by atoms with E-state index in [1.165, 1.54) is 4.31 Å². The summed E-state index contributed by atoms with van der Waals surface area (Å²) in [6.45, 7) is 7.94. The van der Waals surface area contributed by atoms with Crippen molar-refractivity contribution in [2.45, 2.75) is 18.7 Å². The molecule has 0 unspecified atom stereocenters. The third-order valence-corrected chi connectivity index (χ3v) is 7.42. The molecule has 166 valence electrons. The van der Waals surface area contributed by atoms with Gasteiger partial charge in [0.1, 0.15) is 0 Å². The molecule has 0 atom stereocenters. The van der Waals surface area contributed by atoms with Gasteiger partial charge >= 0.3 is 6.09 Å². The highest BCUT2D eigenvalue weighted by atomic mass is 32.2. The molecule has 0 N–H and O–H groups in total. The molecule has 2 heterocycles. The van der Waals surface area contributed by atoms with Crippen molar-refractivity contribution >= 4 is 22.0 Å². The highest BCUT2D eigenvalue weighted by molar-refractivity contribution is 7.89. The molecule has 0 bridgehead atoms. The zero-order valence-corrected chi connectivity index (χ0v) is 18.4. The third kappa shape index (κ3) is 5.30. The summed E-state index contributed by atoms with van der Waals surface area (Å²) >= 11 is 0. The van der Waals surface area contributed by atoms with Gasteiger partial charge in [-0.2, -0.15) is 4.31 Å². The van der Waals surface area contributed by atoms with Crippen LogP contribution in [0, 0.1) is 6.92 Å². The van der Waals surface area contributed by atoms with Crippen molar-refractivity contribution in [2.75, 3.05) is 65.5 Å². The summed E-state index contributed by atoms with van der Waals surface area (Å²) in [4.78, 5) is 30.0. The number of sulfonamides is 1. The summed E-state index contributed by atoms with van der Waals surface area (Å²) in [5, 5.41) is 0. The smallest absolute Gasteiger partial charge is 0.409 e. The molecule has 10 heteroatoms. The van der Waals surface area contributed by atoms with E-state index in [1.807, 2.05) is 11.8 Å². The molecule has 1 aromatic rings. The van der Waals surface area contributed by atoms with Gasteiger partial charge in [0.15, 0.2) is 0 Å². The van der Waals surface area contributed by atoms with Crippen LogP contribution in [-0.4, -0.2) is 105 Å². The Balaban J connectivity index is 1.46. The van der Waals surface area contributed by atoms with Crippen LogP contribution in [0.1, 0.15) is 12.5 Å². The highest BCUT2D eigenvalue weighted by Crippen LogP contribution is 2.18. The van der Waals surface area contributed by atoms with Gasteiger partial charge in [0.2, 0.25) is 15.9 Å². The molecule has 2 aliphatic heterocycles. The van der Waals surface area contributed by atoms with Crippen LogP contribution in [0.2, 0.25) is 0 Å². The molecule has 3 rings (SSSR count). The number of hydrogen-bond donors (Lipinski definition) is 0. The summed E-state index contributed by atoms with van der Waals surface area (Å²) in [6.07, 6.45) is -0.337. The Bertz CT molecular complexity index is 842. The normalized spacial score (nSPS) is 19.0. The first-order valence-electron chi connectivity index (χ1n) is 10.3. The minimum absolute atomic E-state index is 0.00773. The lowest BCUT2D eigenvalue weighted by atomic mass is 10.2. The first-order valence-corrected chi connectivity index (χ1v) is 11.7. The van der Waals surface area contributed by atoms with E-state index in [2.05, 4.69) is 0 Å². The fraction of sp³-hybridized carbons (Fsp3) is 0.600. The monoisotopic (exact) mass is 438 g/mol. The van der Waals surface area contributed by atoms with Crippen LogP contribution >= 0.6 is 0 Å². The summed E-state index contributed by atoms with van der Waals surface area (Å²) < 4.78 is 32.1. The average Bonchev–Trinajstić information content (AvgIpc) is 2.75. The molecule has 0 saturated carbocycles. The molecule has 0 aromatic heterocycles. The summed E-state index contributed by atoms with van der Waals surface area (Å²) in [6, 6.07) is 6.86. The lowest BCUT2D eigenvalue weighted by molar-refractivity contribution is -0.134. The molecule has 1 aromatic carbocycles. The molecular formula is C20H30N4O5S. The Morgan fingerprint density at radius 2 is 1.47 bits per heavy atom. The Kier molecular flexibility index (Phi) is 7.32. The largest absolute Gasteiger partial charge is 0.450 e. The van der Waals surface area contributed by atoms with Crippen molar-refractivity contribution in [1.29, 1.82) is 0 Å². The van der Waals surface area contributed by atoms with Crippen LogP contribution in [0.5, 0.6) is 0 Å². The molecule has 2 amide bonds. The molecular weight excluding hydrogens is 408 g/mol. The number of aryl methyl sites for hydroxylation is 1. The first-order chi connectivity index (χ1) is 14.3. The van der Waals surface area contributed by atoms with Crippen LogP contribution in [0.4, 0.5) is 4.79 Å². The predicted molar refractivity (Wildman–Crippen MR) is 112 cm³/mol. The zero-order chi connectivity index (χ0) is 21.7. The van der Waals surface area contributed by atoms with Crippen LogP contribution in [0.3, 0.4) is 0 Å². The number of hydrogen-bond acceptors (Lipinski definition) is 6. The Morgan fingerprint density at radius 1 is 0.900 bits per heavy atom. The number of ether oxygens (including phenoxy) is 1. The lowest BCUT2D eigenvalue weighted by Crippen LogP contribution is -2.55. The van der Waals surface area contributed by atoms with Crippen molar-refractivity contribution in [1.82, 2.24) is 19.0 Å². The molecule has 9 nitrogen and oxygen atoms in total. The number of carbonyl (C=O) groups excluding carboxylic acids is 2. The fourth-order valence-electron chi connectivity index (χ4n) is 3.63. The SMILES string of the molecule is CCOC(=O)N1CCN(C(=O)CN2CCN(S(=O)(=O)c3ccc(C)cc3)CC2)CC1. The standard InChI is InChI=1S/C20H30N4O5S/c1-3-29-20(26)23-12-10-22(11-13-23)19(25)16-21-8-14-24(15-9-21)30(27,28)18-6-4-17(2)5-7-18/h4-7H,3,8-16H2,1-2H3. The van der Waals surface area contributed by atoms with Crippen molar-refractivity contribution in [3.8, 4) is 0 Å². The summed E-state index contributed by atoms with van der Waals surface area (Å²) in [5.74, 6) is 0.00773. The van der Waals surface area contributed by atoms with Crippen molar-refractivity contribution in [3.05, 3.63) is 29.8 Å². The topological polar surface area (TPSA) is 90.5 Å². The Labute approximate surface area is 178 Å². The molecule has 2 fully saturated rings. The van der Waals surface area contributed by atoms with Crippen LogP contribution in [0.15, 0.2) is 29.2 Å². The van der Waals surface area contributed by atoms with Crippen molar-refractivity contribution < 1.29 is 22.7 Å². The molecule has 2 saturated heterocycles. The van der Waals surface area contributed by atoms with E-state index in [9.17, 15) is 18.0 Å². The van der Waals surface area contributed by atoms with Crippen LogP contribution in [-0.2, 0) is 19.6 Å². The van der Waals surface area contributed by atoms with Gasteiger partial charge in [0.05, 0.1) is 18.0 Å². The Morgan fingerprint density at radius 3 is 2.03 bits per heavy atom. The third-order valence-electron chi connectivity index (χ3n) is 5.51. The predicted octanol–water partition coefficient (Wildman–Crippen LogP) is 0.602. The first kappa shape index (κ1) is 22.5. The van der Waals surface area contributed by atoms with Crippen LogP contribution < -0.4 is 0 Å². The maximum absolute atomic E-state index is 12.8. The van der Waals surface area contributed by atoms with Gasteiger partial charge in [-0.05, 0) is 26.0 Å². The number of benzene rings is 1. The van der Waals surface area contributed by atoms with Gasteiger partial charge in [-0.1, -0.05) is 17.7 Å². The molecule has 30 heavy (non-hydrogen) atoms. The molecule has 0 spiro atoms. The van der Waals surface area contributed by atoms with Gasteiger partial charge in [-0.3, -0.25) is 9.69 Å². The van der Waals surface area contributed by atoms with E-state index in [0.717, 1.165) is 5.56 Å². The van der Waals surface area contributed by atoms with E-state index in [1.54, 1.807) is 41.0 Å². The minimum Gasteiger partial charge on any atom is -0.450 e. The molecule has 0 radical (unpaired) electrons. The zero-order valence-electron chi connectivity index (χ0n) is 17.6. The second-order valence-corrected chi connectivity index (χ2v) is 9.50. The van der Waals surface area contributed by atoms with E-state index < -0.39 is 10.0 Å². The molecule has 0 aliphatic carbocycles.